The van der Waals surface area contributed by atoms with E-state index in [4.69, 9.17) is 27.9 Å². The molecular formula is C17H14Cl2N4O2. The van der Waals surface area contributed by atoms with Crippen LogP contribution < -0.4 is 15.6 Å². The molecule has 1 N–H and O–H groups in total. The van der Waals surface area contributed by atoms with Crippen molar-refractivity contribution in [3.8, 4) is 11.5 Å². The van der Waals surface area contributed by atoms with Gasteiger partial charge in [-0.05, 0) is 31.0 Å². The van der Waals surface area contributed by atoms with Crippen molar-refractivity contribution in [1.82, 2.24) is 14.5 Å². The third-order valence-electron chi connectivity index (χ3n) is 3.96. The van der Waals surface area contributed by atoms with Gasteiger partial charge in [0.1, 0.15) is 5.65 Å². The van der Waals surface area contributed by atoms with Crippen LogP contribution in [0.5, 0.6) is 11.5 Å². The van der Waals surface area contributed by atoms with Gasteiger partial charge in [0, 0.05) is 24.7 Å². The first kappa shape index (κ1) is 16.2. The molecule has 25 heavy (non-hydrogen) atoms. The van der Waals surface area contributed by atoms with Crippen LogP contribution in [0.4, 0.5) is 5.95 Å². The van der Waals surface area contributed by atoms with E-state index in [1.54, 1.807) is 37.5 Å². The van der Waals surface area contributed by atoms with Crippen LogP contribution in [0.25, 0.3) is 11.0 Å². The van der Waals surface area contributed by atoms with E-state index in [1.807, 2.05) is 0 Å². The topological polar surface area (TPSA) is 69.0 Å². The molecule has 4 rings (SSSR count). The maximum Gasteiger partial charge on any atom is 0.294 e. The van der Waals surface area contributed by atoms with E-state index in [0.29, 0.717) is 33.1 Å². The first-order chi connectivity index (χ1) is 12.0. The lowest BCUT2D eigenvalue weighted by Gasteiger charge is -2.12. The second kappa shape index (κ2) is 6.20. The second-order valence-corrected chi connectivity index (χ2v) is 6.73. The van der Waals surface area contributed by atoms with Gasteiger partial charge in [-0.1, -0.05) is 29.3 Å². The lowest BCUT2D eigenvalue weighted by molar-refractivity contribution is 0.472. The van der Waals surface area contributed by atoms with Crippen molar-refractivity contribution < 1.29 is 4.74 Å². The van der Waals surface area contributed by atoms with Crippen LogP contribution in [0.2, 0.25) is 10.0 Å². The minimum atomic E-state index is -0.334. The fourth-order valence-electron chi connectivity index (χ4n) is 2.46. The molecule has 2 heterocycles. The van der Waals surface area contributed by atoms with Crippen molar-refractivity contribution in [1.29, 1.82) is 0 Å². The molecule has 0 aliphatic heterocycles. The highest BCUT2D eigenvalue weighted by atomic mass is 35.5. The molecule has 8 heteroatoms. The fraction of sp³-hybridized carbons (Fsp3) is 0.235. The van der Waals surface area contributed by atoms with Gasteiger partial charge >= 0.3 is 0 Å². The molecule has 0 amide bonds. The number of aromatic nitrogens is 3. The Bertz CT molecular complexity index is 1010. The van der Waals surface area contributed by atoms with E-state index >= 15 is 0 Å². The number of pyridine rings is 1. The van der Waals surface area contributed by atoms with Crippen LogP contribution in [-0.2, 0) is 7.05 Å². The maximum absolute atomic E-state index is 12.6. The van der Waals surface area contributed by atoms with Crippen molar-refractivity contribution in [3.05, 3.63) is 50.9 Å². The monoisotopic (exact) mass is 376 g/mol. The lowest BCUT2D eigenvalue weighted by Crippen LogP contribution is -2.20. The largest absolute Gasteiger partial charge is 0.448 e. The zero-order valence-electron chi connectivity index (χ0n) is 13.3. The standard InChI is InChI=1S/C17H14Cl2N4O2/c1-23-15-9(8-20-17(22-15)21-10-5-6-10)7-13(16(23)24)25-14-11(18)3-2-4-12(14)19/h2-4,7-8,10H,5-6H2,1H3,(H,20,21,22). The van der Waals surface area contributed by atoms with Gasteiger partial charge in [-0.25, -0.2) is 4.98 Å². The molecule has 3 aromatic rings. The number of rotatable bonds is 4. The molecule has 1 saturated carbocycles. The predicted molar refractivity (Wildman–Crippen MR) is 98.0 cm³/mol. The average Bonchev–Trinajstić information content (AvgIpc) is 3.40. The minimum absolute atomic E-state index is 0.108. The summed E-state index contributed by atoms with van der Waals surface area (Å²) < 4.78 is 7.12. The van der Waals surface area contributed by atoms with Crippen LogP contribution in [0.1, 0.15) is 12.8 Å². The summed E-state index contributed by atoms with van der Waals surface area (Å²) in [6.07, 6.45) is 3.89. The van der Waals surface area contributed by atoms with Crippen LogP contribution in [0.15, 0.2) is 35.3 Å². The summed E-state index contributed by atoms with van der Waals surface area (Å²) >= 11 is 12.2. The Morgan fingerprint density at radius 3 is 2.68 bits per heavy atom. The van der Waals surface area contributed by atoms with Crippen molar-refractivity contribution in [2.24, 2.45) is 7.05 Å². The smallest absolute Gasteiger partial charge is 0.294 e. The summed E-state index contributed by atoms with van der Waals surface area (Å²) in [6.45, 7) is 0. The quantitative estimate of drug-likeness (QED) is 0.744. The lowest BCUT2D eigenvalue weighted by atomic mass is 10.3. The Labute approximate surface area is 153 Å². The average molecular weight is 377 g/mol. The molecule has 1 fully saturated rings. The molecule has 128 valence electrons. The van der Waals surface area contributed by atoms with E-state index in [2.05, 4.69) is 15.3 Å². The van der Waals surface area contributed by atoms with Crippen molar-refractivity contribution in [2.75, 3.05) is 5.32 Å². The number of hydrogen-bond acceptors (Lipinski definition) is 5. The van der Waals surface area contributed by atoms with Crippen LogP contribution in [-0.4, -0.2) is 20.6 Å². The number of nitrogens with zero attached hydrogens (tertiary/aromatic N) is 3. The Balaban J connectivity index is 1.77. The Hall–Kier alpha value is -2.31. The predicted octanol–water partition coefficient (Wildman–Crippen LogP) is 4.00. The molecule has 1 aliphatic carbocycles. The highest BCUT2D eigenvalue weighted by Crippen LogP contribution is 2.35. The summed E-state index contributed by atoms with van der Waals surface area (Å²) in [6, 6.07) is 7.02. The number of para-hydroxylation sites is 1. The molecule has 0 atom stereocenters. The van der Waals surface area contributed by atoms with E-state index in [1.165, 1.54) is 4.57 Å². The van der Waals surface area contributed by atoms with Crippen LogP contribution in [0.3, 0.4) is 0 Å². The Kier molecular flexibility index (Phi) is 4.01. The van der Waals surface area contributed by atoms with E-state index in [-0.39, 0.29) is 17.1 Å². The molecule has 6 nitrogen and oxygen atoms in total. The van der Waals surface area contributed by atoms with E-state index < -0.39 is 0 Å². The normalized spacial score (nSPS) is 13.9. The number of fused-ring (bicyclic) bond motifs is 1. The summed E-state index contributed by atoms with van der Waals surface area (Å²) in [5.74, 6) is 0.875. The van der Waals surface area contributed by atoms with E-state index in [0.717, 1.165) is 12.8 Å². The highest BCUT2D eigenvalue weighted by Gasteiger charge is 2.22. The zero-order valence-corrected chi connectivity index (χ0v) is 14.8. The summed E-state index contributed by atoms with van der Waals surface area (Å²) in [5.41, 5.74) is 0.195. The molecule has 2 aromatic heterocycles. The van der Waals surface area contributed by atoms with Gasteiger partial charge in [-0.2, -0.15) is 4.98 Å². The van der Waals surface area contributed by atoms with Crippen LogP contribution in [0, 0.1) is 0 Å². The van der Waals surface area contributed by atoms with E-state index in [9.17, 15) is 4.79 Å². The second-order valence-electron chi connectivity index (χ2n) is 5.92. The third-order valence-corrected chi connectivity index (χ3v) is 4.55. The number of nitrogens with one attached hydrogen (secondary N) is 1. The van der Waals surface area contributed by atoms with Gasteiger partial charge in [0.25, 0.3) is 5.56 Å². The van der Waals surface area contributed by atoms with Gasteiger partial charge in [0.05, 0.1) is 10.0 Å². The molecule has 0 radical (unpaired) electrons. The van der Waals surface area contributed by atoms with Gasteiger partial charge in [-0.15, -0.1) is 0 Å². The van der Waals surface area contributed by atoms with Crippen LogP contribution >= 0.6 is 23.2 Å². The number of anilines is 1. The number of halogens is 2. The molecule has 1 aliphatic rings. The summed E-state index contributed by atoms with van der Waals surface area (Å²) in [4.78, 5) is 21.4. The third kappa shape index (κ3) is 3.15. The molecule has 0 saturated heterocycles. The highest BCUT2D eigenvalue weighted by molar-refractivity contribution is 6.37. The molecule has 0 spiro atoms. The molecule has 0 unspecified atom stereocenters. The molecular weight excluding hydrogens is 363 g/mol. The maximum atomic E-state index is 12.6. The summed E-state index contributed by atoms with van der Waals surface area (Å²) in [7, 11) is 1.64. The van der Waals surface area contributed by atoms with Gasteiger partial charge < -0.3 is 10.1 Å². The van der Waals surface area contributed by atoms with Crippen molar-refractivity contribution >= 4 is 40.2 Å². The first-order valence-electron chi connectivity index (χ1n) is 7.78. The number of hydrogen-bond donors (Lipinski definition) is 1. The minimum Gasteiger partial charge on any atom is -0.448 e. The number of aryl methyl sites for hydroxylation is 1. The SMILES string of the molecule is Cn1c(=O)c(Oc2c(Cl)cccc2Cl)cc2cnc(NC3CC3)nc21. The number of benzene rings is 1. The van der Waals surface area contributed by atoms with Gasteiger partial charge in [-0.3, -0.25) is 9.36 Å². The molecule has 1 aromatic carbocycles. The Morgan fingerprint density at radius 2 is 2.00 bits per heavy atom. The first-order valence-corrected chi connectivity index (χ1v) is 8.53. The fourth-order valence-corrected chi connectivity index (χ4v) is 2.93. The molecule has 0 bridgehead atoms. The van der Waals surface area contributed by atoms with Crippen molar-refractivity contribution in [2.45, 2.75) is 18.9 Å². The summed E-state index contributed by atoms with van der Waals surface area (Å²) in [5, 5.41) is 4.56. The van der Waals surface area contributed by atoms with Crippen molar-refractivity contribution in [3.63, 3.8) is 0 Å². The zero-order chi connectivity index (χ0) is 17.6. The van der Waals surface area contributed by atoms with Gasteiger partial charge in [0.15, 0.2) is 11.5 Å². The number of ether oxygens (including phenoxy) is 1. The van der Waals surface area contributed by atoms with Gasteiger partial charge in [0.2, 0.25) is 5.95 Å². The Morgan fingerprint density at radius 1 is 1.28 bits per heavy atom.